The zero-order chi connectivity index (χ0) is 20.2. The smallest absolute Gasteiger partial charge is 0.165 e. The van der Waals surface area contributed by atoms with Crippen molar-refractivity contribution in [3.05, 3.63) is 71.6 Å². The third-order valence-electron chi connectivity index (χ3n) is 5.28. The monoisotopic (exact) mass is 389 g/mol. The van der Waals surface area contributed by atoms with Crippen LogP contribution in [-0.2, 0) is 11.3 Å². The van der Waals surface area contributed by atoms with E-state index in [2.05, 4.69) is 41.7 Å². The van der Waals surface area contributed by atoms with E-state index in [4.69, 9.17) is 15.5 Å². The number of nitrogen functional groups attached to an aromatic ring is 1. The van der Waals surface area contributed by atoms with Crippen LogP contribution in [0.1, 0.15) is 28.8 Å². The molecule has 4 rings (SSSR count). The number of ether oxygens (including phenoxy) is 1. The molecule has 2 N–H and O–H groups in total. The van der Waals surface area contributed by atoms with Crippen molar-refractivity contribution in [2.45, 2.75) is 19.9 Å². The highest BCUT2D eigenvalue weighted by Gasteiger charge is 2.15. The van der Waals surface area contributed by atoms with Crippen LogP contribution in [0.2, 0.25) is 0 Å². The Balaban J connectivity index is 1.72. The number of aromatic nitrogens is 3. The third kappa shape index (κ3) is 4.23. The molecule has 0 amide bonds. The van der Waals surface area contributed by atoms with Crippen molar-refractivity contribution in [1.29, 1.82) is 0 Å². The highest BCUT2D eigenvalue weighted by molar-refractivity contribution is 5.92. The van der Waals surface area contributed by atoms with Crippen LogP contribution in [0.25, 0.3) is 17.3 Å². The Hall–Kier alpha value is -2.96. The number of nitrogens with two attached hydrogens (primary N) is 1. The molecule has 2 aromatic heterocycles. The maximum absolute atomic E-state index is 6.30. The molecule has 0 spiro atoms. The molecule has 6 heteroatoms. The summed E-state index contributed by atoms with van der Waals surface area (Å²) in [6, 6.07) is 10.2. The van der Waals surface area contributed by atoms with Crippen molar-refractivity contribution in [3.63, 3.8) is 0 Å². The van der Waals surface area contributed by atoms with Gasteiger partial charge in [-0.1, -0.05) is 36.9 Å². The maximum Gasteiger partial charge on any atom is 0.165 e. The number of allylic oxidation sites excluding steroid dienone is 2. The van der Waals surface area contributed by atoms with Gasteiger partial charge in [-0.3, -0.25) is 4.90 Å². The number of hydrogen-bond acceptors (Lipinski definition) is 5. The van der Waals surface area contributed by atoms with E-state index in [1.165, 1.54) is 5.56 Å². The number of rotatable bonds is 5. The zero-order valence-electron chi connectivity index (χ0n) is 16.8. The molecule has 1 aromatic carbocycles. The van der Waals surface area contributed by atoms with Gasteiger partial charge in [-0.25, -0.2) is 4.98 Å². The fourth-order valence-corrected chi connectivity index (χ4v) is 3.67. The summed E-state index contributed by atoms with van der Waals surface area (Å²) in [6.07, 6.45) is 6.82. The summed E-state index contributed by atoms with van der Waals surface area (Å²) in [5.74, 6) is 0.585. The Morgan fingerprint density at radius 2 is 2.14 bits per heavy atom. The molecule has 3 aromatic rings. The van der Waals surface area contributed by atoms with Gasteiger partial charge in [0.25, 0.3) is 0 Å². The first-order chi connectivity index (χ1) is 14.2. The molecule has 0 aliphatic carbocycles. The van der Waals surface area contributed by atoms with Gasteiger partial charge in [0.2, 0.25) is 0 Å². The number of nitrogens with zero attached hydrogens (tertiary/aromatic N) is 4. The fraction of sp³-hybridized carbons (Fsp3) is 0.304. The van der Waals surface area contributed by atoms with Crippen LogP contribution in [0.3, 0.4) is 0 Å². The van der Waals surface area contributed by atoms with Gasteiger partial charge in [0, 0.05) is 37.9 Å². The number of anilines is 1. The second kappa shape index (κ2) is 8.59. The molecule has 0 radical (unpaired) electrons. The molecular formula is C23H27N5O. The number of aryl methyl sites for hydroxylation is 1. The van der Waals surface area contributed by atoms with E-state index in [0.29, 0.717) is 5.82 Å². The normalized spacial score (nSPS) is 16.1. The van der Waals surface area contributed by atoms with E-state index in [1.807, 2.05) is 30.5 Å². The fourth-order valence-electron chi connectivity index (χ4n) is 3.67. The molecule has 3 heterocycles. The first kappa shape index (κ1) is 19.4. The molecule has 150 valence electrons. The van der Waals surface area contributed by atoms with Crippen LogP contribution in [0, 0.1) is 6.92 Å². The van der Waals surface area contributed by atoms with Crippen molar-refractivity contribution in [2.24, 2.45) is 0 Å². The summed E-state index contributed by atoms with van der Waals surface area (Å²) in [5.41, 5.74) is 12.3. The van der Waals surface area contributed by atoms with E-state index < -0.39 is 0 Å². The van der Waals surface area contributed by atoms with Crippen LogP contribution in [0.15, 0.2) is 49.2 Å². The first-order valence-electron chi connectivity index (χ1n) is 9.99. The van der Waals surface area contributed by atoms with Gasteiger partial charge in [0.1, 0.15) is 5.82 Å². The largest absolute Gasteiger partial charge is 0.384 e. The number of fused-ring (bicyclic) bond motifs is 1. The van der Waals surface area contributed by atoms with Crippen LogP contribution in [-0.4, -0.2) is 45.8 Å². The summed E-state index contributed by atoms with van der Waals surface area (Å²) in [6.45, 7) is 10.4. The SMILES string of the molecule is C=C/C(=C\c1ccccc1C)c1cnn2c(N)cc(CN3CCCOCC3)nc12. The van der Waals surface area contributed by atoms with Gasteiger partial charge < -0.3 is 10.5 Å². The van der Waals surface area contributed by atoms with Gasteiger partial charge in [-0.2, -0.15) is 9.61 Å². The Morgan fingerprint density at radius 1 is 1.28 bits per heavy atom. The third-order valence-corrected chi connectivity index (χ3v) is 5.28. The van der Waals surface area contributed by atoms with Crippen molar-refractivity contribution < 1.29 is 4.74 Å². The second-order valence-corrected chi connectivity index (χ2v) is 7.37. The molecule has 29 heavy (non-hydrogen) atoms. The van der Waals surface area contributed by atoms with Crippen LogP contribution >= 0.6 is 0 Å². The summed E-state index contributed by atoms with van der Waals surface area (Å²) in [7, 11) is 0. The molecular weight excluding hydrogens is 362 g/mol. The average Bonchev–Trinajstić information content (AvgIpc) is 2.97. The summed E-state index contributed by atoms with van der Waals surface area (Å²) in [4.78, 5) is 7.26. The minimum absolute atomic E-state index is 0.585. The summed E-state index contributed by atoms with van der Waals surface area (Å²) in [5, 5.41) is 4.46. The van der Waals surface area contributed by atoms with Gasteiger partial charge in [-0.05, 0) is 36.1 Å². The quantitative estimate of drug-likeness (QED) is 0.676. The molecule has 0 atom stereocenters. The van der Waals surface area contributed by atoms with Gasteiger partial charge in [0.05, 0.1) is 18.5 Å². The van der Waals surface area contributed by atoms with Gasteiger partial charge >= 0.3 is 0 Å². The lowest BCUT2D eigenvalue weighted by atomic mass is 10.0. The highest BCUT2D eigenvalue weighted by Crippen LogP contribution is 2.25. The number of hydrogen-bond donors (Lipinski definition) is 1. The standard InChI is InChI=1S/C23H27N5O/c1-3-18(13-19-8-5-4-7-17(19)2)21-15-25-28-22(24)14-20(26-23(21)28)16-27-9-6-11-29-12-10-27/h3-5,7-8,13-15H,1,6,9-12,16,24H2,2H3/b18-13+. The molecule has 0 bridgehead atoms. The Morgan fingerprint density at radius 3 is 2.97 bits per heavy atom. The van der Waals surface area contributed by atoms with Crippen LogP contribution in [0.5, 0.6) is 0 Å². The van der Waals surface area contributed by atoms with E-state index in [0.717, 1.165) is 67.3 Å². The summed E-state index contributed by atoms with van der Waals surface area (Å²) >= 11 is 0. The zero-order valence-corrected chi connectivity index (χ0v) is 16.8. The lowest BCUT2D eigenvalue weighted by Crippen LogP contribution is -2.26. The predicted molar refractivity (Wildman–Crippen MR) is 117 cm³/mol. The minimum Gasteiger partial charge on any atom is -0.384 e. The summed E-state index contributed by atoms with van der Waals surface area (Å²) < 4.78 is 7.25. The topological polar surface area (TPSA) is 68.7 Å². The van der Waals surface area contributed by atoms with E-state index in [9.17, 15) is 0 Å². The average molecular weight is 390 g/mol. The molecule has 1 fully saturated rings. The Labute approximate surface area is 171 Å². The van der Waals surface area contributed by atoms with E-state index >= 15 is 0 Å². The maximum atomic E-state index is 6.30. The lowest BCUT2D eigenvalue weighted by Gasteiger charge is -2.18. The molecule has 0 saturated carbocycles. The van der Waals surface area contributed by atoms with Crippen molar-refractivity contribution in [2.75, 3.05) is 32.0 Å². The molecule has 1 saturated heterocycles. The van der Waals surface area contributed by atoms with Crippen LogP contribution in [0.4, 0.5) is 5.82 Å². The first-order valence-corrected chi connectivity index (χ1v) is 9.99. The van der Waals surface area contributed by atoms with Crippen molar-refractivity contribution in [3.8, 4) is 0 Å². The second-order valence-electron chi connectivity index (χ2n) is 7.37. The van der Waals surface area contributed by atoms with E-state index in [1.54, 1.807) is 4.52 Å². The number of benzene rings is 1. The molecule has 6 nitrogen and oxygen atoms in total. The minimum atomic E-state index is 0.585. The Bertz CT molecular complexity index is 1040. The Kier molecular flexibility index (Phi) is 5.74. The molecule has 0 unspecified atom stereocenters. The van der Waals surface area contributed by atoms with Gasteiger partial charge in [-0.15, -0.1) is 0 Å². The van der Waals surface area contributed by atoms with Gasteiger partial charge in [0.15, 0.2) is 5.65 Å². The van der Waals surface area contributed by atoms with Crippen LogP contribution < -0.4 is 5.73 Å². The van der Waals surface area contributed by atoms with Crippen molar-refractivity contribution in [1.82, 2.24) is 19.5 Å². The van der Waals surface area contributed by atoms with E-state index in [-0.39, 0.29) is 0 Å². The van der Waals surface area contributed by atoms with Crippen molar-refractivity contribution >= 4 is 23.1 Å². The predicted octanol–water partition coefficient (Wildman–Crippen LogP) is 3.57. The lowest BCUT2D eigenvalue weighted by molar-refractivity contribution is 0.140. The molecule has 1 aliphatic heterocycles. The molecule has 1 aliphatic rings. The highest BCUT2D eigenvalue weighted by atomic mass is 16.5.